The maximum Gasteiger partial charge on any atom is 0.123 e. The monoisotopic (exact) mass is 273 g/mol. The average molecular weight is 273 g/mol. The van der Waals surface area contributed by atoms with E-state index in [1.807, 2.05) is 37.3 Å². The summed E-state index contributed by atoms with van der Waals surface area (Å²) in [5, 5.41) is 10.3. The molecular weight excluding hydrogens is 253 g/mol. The van der Waals surface area contributed by atoms with Gasteiger partial charge >= 0.3 is 0 Å². The maximum absolute atomic E-state index is 13.2. The molecule has 3 N–H and O–H groups in total. The number of nitrogens with two attached hydrogens (primary N) is 1. The van der Waals surface area contributed by atoms with Gasteiger partial charge in [0.1, 0.15) is 5.82 Å². The SMILES string of the molecule is CC(Cc1ccccc1)[C@@H](N)[C@H](O)c1cccc(F)c1. The highest BCUT2D eigenvalue weighted by atomic mass is 19.1. The Morgan fingerprint density at radius 2 is 1.80 bits per heavy atom. The molecule has 0 radical (unpaired) electrons. The Kier molecular flexibility index (Phi) is 4.88. The predicted octanol–water partition coefficient (Wildman–Crippen LogP) is 3.07. The number of aliphatic hydroxyl groups is 1. The van der Waals surface area contributed by atoms with Crippen molar-refractivity contribution in [3.05, 3.63) is 71.5 Å². The van der Waals surface area contributed by atoms with Crippen LogP contribution in [0.4, 0.5) is 4.39 Å². The fourth-order valence-electron chi connectivity index (χ4n) is 2.35. The van der Waals surface area contributed by atoms with Crippen LogP contribution < -0.4 is 5.73 Å². The highest BCUT2D eigenvalue weighted by Crippen LogP contribution is 2.23. The summed E-state index contributed by atoms with van der Waals surface area (Å²) in [7, 11) is 0. The lowest BCUT2D eigenvalue weighted by atomic mass is 9.88. The van der Waals surface area contributed by atoms with Gasteiger partial charge < -0.3 is 10.8 Å². The molecule has 20 heavy (non-hydrogen) atoms. The molecule has 2 aromatic carbocycles. The van der Waals surface area contributed by atoms with Crippen LogP contribution in [0.25, 0.3) is 0 Å². The standard InChI is InChI=1S/C17H20FNO/c1-12(10-13-6-3-2-4-7-13)16(19)17(20)14-8-5-9-15(18)11-14/h2-9,11-12,16-17,20H,10,19H2,1H3/t12?,16-,17-/m1/s1. The van der Waals surface area contributed by atoms with Crippen LogP contribution in [0.3, 0.4) is 0 Å². The molecule has 0 aromatic heterocycles. The van der Waals surface area contributed by atoms with E-state index in [9.17, 15) is 9.50 Å². The lowest BCUT2D eigenvalue weighted by Crippen LogP contribution is -2.36. The van der Waals surface area contributed by atoms with Gasteiger partial charge in [-0.25, -0.2) is 4.39 Å². The van der Waals surface area contributed by atoms with Crippen LogP contribution in [0.1, 0.15) is 24.2 Å². The van der Waals surface area contributed by atoms with Gasteiger partial charge in [-0.3, -0.25) is 0 Å². The third-order valence-electron chi connectivity index (χ3n) is 3.61. The van der Waals surface area contributed by atoms with E-state index in [0.717, 1.165) is 6.42 Å². The van der Waals surface area contributed by atoms with E-state index in [0.29, 0.717) is 5.56 Å². The van der Waals surface area contributed by atoms with Crippen molar-refractivity contribution in [3.8, 4) is 0 Å². The van der Waals surface area contributed by atoms with E-state index in [1.54, 1.807) is 12.1 Å². The summed E-state index contributed by atoms with van der Waals surface area (Å²) in [5.74, 6) is -0.264. The minimum atomic E-state index is -0.857. The van der Waals surface area contributed by atoms with Gasteiger partial charge in [-0.2, -0.15) is 0 Å². The molecule has 3 atom stereocenters. The molecule has 106 valence electrons. The van der Waals surface area contributed by atoms with E-state index in [-0.39, 0.29) is 11.7 Å². The van der Waals surface area contributed by atoms with Crippen molar-refractivity contribution in [2.75, 3.05) is 0 Å². The lowest BCUT2D eigenvalue weighted by molar-refractivity contribution is 0.121. The second-order valence-electron chi connectivity index (χ2n) is 5.24. The van der Waals surface area contributed by atoms with Crippen molar-refractivity contribution in [1.29, 1.82) is 0 Å². The van der Waals surface area contributed by atoms with E-state index < -0.39 is 12.1 Å². The van der Waals surface area contributed by atoms with Crippen LogP contribution in [0.2, 0.25) is 0 Å². The Morgan fingerprint density at radius 3 is 2.45 bits per heavy atom. The third kappa shape index (κ3) is 3.65. The van der Waals surface area contributed by atoms with Crippen molar-refractivity contribution in [1.82, 2.24) is 0 Å². The summed E-state index contributed by atoms with van der Waals surface area (Å²) in [6.45, 7) is 2.00. The molecule has 0 aliphatic heterocycles. The van der Waals surface area contributed by atoms with Gasteiger partial charge in [0.2, 0.25) is 0 Å². The lowest BCUT2D eigenvalue weighted by Gasteiger charge is -2.25. The van der Waals surface area contributed by atoms with Crippen LogP contribution in [0.5, 0.6) is 0 Å². The van der Waals surface area contributed by atoms with Crippen molar-refractivity contribution in [2.45, 2.75) is 25.5 Å². The molecule has 0 saturated heterocycles. The van der Waals surface area contributed by atoms with Gasteiger partial charge in [-0.1, -0.05) is 49.4 Å². The summed E-state index contributed by atoms with van der Waals surface area (Å²) < 4.78 is 13.2. The molecule has 0 aliphatic rings. The van der Waals surface area contributed by atoms with E-state index in [2.05, 4.69) is 0 Å². The van der Waals surface area contributed by atoms with Crippen LogP contribution in [-0.4, -0.2) is 11.1 Å². The predicted molar refractivity (Wildman–Crippen MR) is 78.6 cm³/mol. The van der Waals surface area contributed by atoms with E-state index in [4.69, 9.17) is 5.73 Å². The summed E-state index contributed by atoms with van der Waals surface area (Å²) in [4.78, 5) is 0. The van der Waals surface area contributed by atoms with Gasteiger partial charge in [-0.05, 0) is 35.6 Å². The van der Waals surface area contributed by atoms with Crippen molar-refractivity contribution in [3.63, 3.8) is 0 Å². The first-order valence-corrected chi connectivity index (χ1v) is 6.81. The number of hydrogen-bond acceptors (Lipinski definition) is 2. The minimum Gasteiger partial charge on any atom is -0.387 e. The van der Waals surface area contributed by atoms with Crippen LogP contribution in [-0.2, 0) is 6.42 Å². The number of rotatable bonds is 5. The normalized spacial score (nSPS) is 15.6. The molecule has 0 fully saturated rings. The number of aliphatic hydroxyl groups excluding tert-OH is 1. The first-order valence-electron chi connectivity index (χ1n) is 6.81. The maximum atomic E-state index is 13.2. The summed E-state index contributed by atoms with van der Waals surface area (Å²) >= 11 is 0. The quantitative estimate of drug-likeness (QED) is 0.879. The fraction of sp³-hybridized carbons (Fsp3) is 0.294. The van der Waals surface area contributed by atoms with Gasteiger partial charge in [0.05, 0.1) is 6.10 Å². The molecule has 2 rings (SSSR count). The molecule has 0 bridgehead atoms. The Bertz CT molecular complexity index is 544. The van der Waals surface area contributed by atoms with E-state index in [1.165, 1.54) is 17.7 Å². The Morgan fingerprint density at radius 1 is 1.10 bits per heavy atom. The number of hydrogen-bond donors (Lipinski definition) is 2. The van der Waals surface area contributed by atoms with Gasteiger partial charge in [0, 0.05) is 6.04 Å². The first kappa shape index (κ1) is 14.7. The third-order valence-corrected chi connectivity index (χ3v) is 3.61. The molecular formula is C17H20FNO. The molecule has 0 spiro atoms. The topological polar surface area (TPSA) is 46.2 Å². The van der Waals surface area contributed by atoms with Crippen molar-refractivity contribution >= 4 is 0 Å². The summed E-state index contributed by atoms with van der Waals surface area (Å²) in [5.41, 5.74) is 7.83. The minimum absolute atomic E-state index is 0.0932. The number of benzene rings is 2. The largest absolute Gasteiger partial charge is 0.387 e. The Labute approximate surface area is 119 Å². The molecule has 0 amide bonds. The summed E-state index contributed by atoms with van der Waals surface area (Å²) in [6.07, 6.45) is -0.0709. The summed E-state index contributed by atoms with van der Waals surface area (Å²) in [6, 6.07) is 15.6. The zero-order valence-electron chi connectivity index (χ0n) is 11.5. The smallest absolute Gasteiger partial charge is 0.123 e. The van der Waals surface area contributed by atoms with Crippen LogP contribution >= 0.6 is 0 Å². The van der Waals surface area contributed by atoms with Gasteiger partial charge in [0.25, 0.3) is 0 Å². The highest BCUT2D eigenvalue weighted by Gasteiger charge is 2.23. The molecule has 1 unspecified atom stereocenters. The molecule has 0 saturated carbocycles. The van der Waals surface area contributed by atoms with Gasteiger partial charge in [-0.15, -0.1) is 0 Å². The molecule has 0 aliphatic carbocycles. The fourth-order valence-corrected chi connectivity index (χ4v) is 2.35. The van der Waals surface area contributed by atoms with E-state index >= 15 is 0 Å². The second kappa shape index (κ2) is 6.64. The van der Waals surface area contributed by atoms with Gasteiger partial charge in [0.15, 0.2) is 0 Å². The average Bonchev–Trinajstić information content (AvgIpc) is 2.46. The Balaban J connectivity index is 2.04. The van der Waals surface area contributed by atoms with Crippen LogP contribution in [0, 0.1) is 11.7 Å². The van der Waals surface area contributed by atoms with Crippen molar-refractivity contribution in [2.24, 2.45) is 11.7 Å². The molecule has 2 nitrogen and oxygen atoms in total. The number of halogens is 1. The second-order valence-corrected chi connectivity index (χ2v) is 5.24. The molecule has 0 heterocycles. The van der Waals surface area contributed by atoms with Crippen molar-refractivity contribution < 1.29 is 9.50 Å². The van der Waals surface area contributed by atoms with Crippen LogP contribution in [0.15, 0.2) is 54.6 Å². The zero-order valence-corrected chi connectivity index (χ0v) is 11.5. The highest BCUT2D eigenvalue weighted by molar-refractivity contribution is 5.21. The molecule has 3 heteroatoms. The zero-order chi connectivity index (χ0) is 14.5. The molecule has 2 aromatic rings. The Hall–Kier alpha value is -1.71. The first-order chi connectivity index (χ1) is 9.58.